The van der Waals surface area contributed by atoms with Crippen LogP contribution < -0.4 is 16.6 Å². The first-order valence-electron chi connectivity index (χ1n) is 10.5. The van der Waals surface area contributed by atoms with Crippen LogP contribution in [0.3, 0.4) is 0 Å². The lowest BCUT2D eigenvalue weighted by molar-refractivity contribution is 0.0754. The molecular formula is C23H27N5O4. The van der Waals surface area contributed by atoms with Gasteiger partial charge in [0.25, 0.3) is 17.4 Å². The van der Waals surface area contributed by atoms with Crippen LogP contribution >= 0.6 is 0 Å². The number of nitrogens with zero attached hydrogens (tertiary/aromatic N) is 3. The van der Waals surface area contributed by atoms with Crippen molar-refractivity contribution in [2.45, 2.75) is 46.3 Å². The molecule has 0 radical (unpaired) electrons. The molecule has 9 heteroatoms. The number of hydrogen-bond donors (Lipinski definition) is 2. The van der Waals surface area contributed by atoms with Crippen LogP contribution in [0.5, 0.6) is 0 Å². The summed E-state index contributed by atoms with van der Waals surface area (Å²) >= 11 is 0. The summed E-state index contributed by atoms with van der Waals surface area (Å²) in [6.45, 7) is 6.46. The Hall–Kier alpha value is -3.75. The van der Waals surface area contributed by atoms with Gasteiger partial charge in [-0.25, -0.2) is 9.78 Å². The van der Waals surface area contributed by atoms with Gasteiger partial charge < -0.3 is 10.2 Å². The van der Waals surface area contributed by atoms with E-state index in [9.17, 15) is 19.2 Å². The number of aromatic amines is 1. The van der Waals surface area contributed by atoms with Crippen LogP contribution in [0.15, 0.2) is 46.1 Å². The van der Waals surface area contributed by atoms with Gasteiger partial charge in [0.05, 0.1) is 10.9 Å². The van der Waals surface area contributed by atoms with Gasteiger partial charge in [0.2, 0.25) is 0 Å². The zero-order valence-corrected chi connectivity index (χ0v) is 18.6. The number of aromatic nitrogens is 3. The summed E-state index contributed by atoms with van der Waals surface area (Å²) in [4.78, 5) is 57.3. The Morgan fingerprint density at radius 2 is 1.84 bits per heavy atom. The van der Waals surface area contributed by atoms with Crippen LogP contribution in [-0.2, 0) is 13.1 Å². The molecule has 2 heterocycles. The molecule has 2 N–H and O–H groups in total. The third kappa shape index (κ3) is 4.77. The van der Waals surface area contributed by atoms with Crippen LogP contribution in [0.4, 0.5) is 0 Å². The van der Waals surface area contributed by atoms with E-state index in [-0.39, 0.29) is 35.1 Å². The predicted molar refractivity (Wildman–Crippen MR) is 122 cm³/mol. The Morgan fingerprint density at radius 1 is 1.16 bits per heavy atom. The minimum absolute atomic E-state index is 0.0652. The van der Waals surface area contributed by atoms with E-state index in [0.29, 0.717) is 18.5 Å². The summed E-state index contributed by atoms with van der Waals surface area (Å²) in [5.41, 5.74) is 0.776. The first-order chi connectivity index (χ1) is 15.2. The first-order valence-corrected chi connectivity index (χ1v) is 10.5. The van der Waals surface area contributed by atoms with Crippen molar-refractivity contribution in [1.29, 1.82) is 0 Å². The normalized spacial score (nSPS) is 11.0. The zero-order chi connectivity index (χ0) is 23.4. The summed E-state index contributed by atoms with van der Waals surface area (Å²) in [5, 5.41) is 2.97. The van der Waals surface area contributed by atoms with E-state index in [4.69, 9.17) is 0 Å². The summed E-state index contributed by atoms with van der Waals surface area (Å²) < 4.78 is 1.39. The van der Waals surface area contributed by atoms with Crippen LogP contribution in [0.25, 0.3) is 11.0 Å². The maximum absolute atomic E-state index is 12.6. The molecule has 1 aromatic carbocycles. The summed E-state index contributed by atoms with van der Waals surface area (Å²) in [6.07, 6.45) is 2.05. The Morgan fingerprint density at radius 3 is 2.47 bits per heavy atom. The highest BCUT2D eigenvalue weighted by Crippen LogP contribution is 2.11. The van der Waals surface area contributed by atoms with Crippen molar-refractivity contribution < 1.29 is 9.59 Å². The van der Waals surface area contributed by atoms with Crippen LogP contribution in [-0.4, -0.2) is 44.3 Å². The molecule has 3 rings (SSSR count). The van der Waals surface area contributed by atoms with E-state index in [1.165, 1.54) is 16.8 Å². The van der Waals surface area contributed by atoms with Crippen molar-refractivity contribution in [3.05, 3.63) is 74.1 Å². The fraction of sp³-hybridized carbons (Fsp3) is 0.348. The second kappa shape index (κ2) is 9.59. The topological polar surface area (TPSA) is 117 Å². The maximum atomic E-state index is 12.6. The second-order valence-electron chi connectivity index (χ2n) is 7.90. The Balaban J connectivity index is 1.74. The molecule has 32 heavy (non-hydrogen) atoms. The molecule has 0 saturated carbocycles. The molecule has 0 fully saturated rings. The molecule has 0 aliphatic heterocycles. The number of carbonyl (C=O) groups excluding carboxylic acids is 2. The quantitative estimate of drug-likeness (QED) is 0.586. The summed E-state index contributed by atoms with van der Waals surface area (Å²) in [7, 11) is 1.76. The lowest BCUT2D eigenvalue weighted by atomic mass is 10.1. The highest BCUT2D eigenvalue weighted by molar-refractivity contribution is 5.97. The van der Waals surface area contributed by atoms with Gasteiger partial charge in [-0.05, 0) is 44.0 Å². The van der Waals surface area contributed by atoms with Crippen molar-refractivity contribution >= 4 is 22.8 Å². The van der Waals surface area contributed by atoms with Gasteiger partial charge in [-0.15, -0.1) is 0 Å². The number of H-pyrrole nitrogens is 1. The Bertz CT molecular complexity index is 1260. The van der Waals surface area contributed by atoms with Crippen LogP contribution in [0, 0.1) is 0 Å². The molecule has 0 spiro atoms. The van der Waals surface area contributed by atoms with Gasteiger partial charge in [0, 0.05) is 37.9 Å². The van der Waals surface area contributed by atoms with E-state index >= 15 is 0 Å². The number of benzene rings is 1. The number of fused-ring (bicyclic) bond motifs is 1. The molecule has 0 saturated heterocycles. The average Bonchev–Trinajstić information content (AvgIpc) is 2.79. The van der Waals surface area contributed by atoms with Gasteiger partial charge in [0.1, 0.15) is 5.65 Å². The van der Waals surface area contributed by atoms with Crippen molar-refractivity contribution in [3.8, 4) is 0 Å². The largest absolute Gasteiger partial charge is 0.348 e. The zero-order valence-electron chi connectivity index (χ0n) is 18.6. The third-order valence-corrected chi connectivity index (χ3v) is 5.29. The average molecular weight is 438 g/mol. The SMILES string of the molecule is CCCn1c(=O)[nH]c(=O)c2cc(C(=O)NCc3ccc(C(=O)N(C)C(C)C)cc3)cnc21. The summed E-state index contributed by atoms with van der Waals surface area (Å²) in [5.74, 6) is -0.462. The number of amides is 2. The fourth-order valence-corrected chi connectivity index (χ4v) is 3.21. The van der Waals surface area contributed by atoms with Crippen LogP contribution in [0.2, 0.25) is 0 Å². The van der Waals surface area contributed by atoms with Crippen molar-refractivity contribution in [1.82, 2.24) is 24.8 Å². The maximum Gasteiger partial charge on any atom is 0.329 e. The van der Waals surface area contributed by atoms with E-state index in [1.54, 1.807) is 36.2 Å². The number of carbonyl (C=O) groups is 2. The van der Waals surface area contributed by atoms with Crippen molar-refractivity contribution in [2.24, 2.45) is 0 Å². The monoisotopic (exact) mass is 437 g/mol. The summed E-state index contributed by atoms with van der Waals surface area (Å²) in [6, 6.07) is 8.56. The smallest absolute Gasteiger partial charge is 0.329 e. The fourth-order valence-electron chi connectivity index (χ4n) is 3.21. The molecule has 0 aliphatic carbocycles. The van der Waals surface area contributed by atoms with E-state index < -0.39 is 17.2 Å². The van der Waals surface area contributed by atoms with Gasteiger partial charge in [-0.2, -0.15) is 0 Å². The lowest BCUT2D eigenvalue weighted by Gasteiger charge is -2.21. The predicted octanol–water partition coefficient (Wildman–Crippen LogP) is 1.91. The second-order valence-corrected chi connectivity index (χ2v) is 7.90. The molecule has 2 aromatic heterocycles. The minimum atomic E-state index is -0.578. The van der Waals surface area contributed by atoms with Gasteiger partial charge >= 0.3 is 5.69 Å². The molecule has 0 bridgehead atoms. The molecule has 9 nitrogen and oxygen atoms in total. The molecule has 0 atom stereocenters. The third-order valence-electron chi connectivity index (χ3n) is 5.29. The van der Waals surface area contributed by atoms with Crippen molar-refractivity contribution in [3.63, 3.8) is 0 Å². The number of aryl methyl sites for hydroxylation is 1. The van der Waals surface area contributed by atoms with Gasteiger partial charge in [0.15, 0.2) is 0 Å². The van der Waals surface area contributed by atoms with Gasteiger partial charge in [-0.3, -0.25) is 23.9 Å². The van der Waals surface area contributed by atoms with E-state index in [2.05, 4.69) is 15.3 Å². The van der Waals surface area contributed by atoms with Crippen LogP contribution in [0.1, 0.15) is 53.5 Å². The molecule has 3 aromatic rings. The minimum Gasteiger partial charge on any atom is -0.348 e. The highest BCUT2D eigenvalue weighted by Gasteiger charge is 2.15. The standard InChI is InChI=1S/C23H27N5O4/c1-5-10-28-19-18(21(30)26-23(28)32)11-17(13-24-19)20(29)25-12-15-6-8-16(9-7-15)22(31)27(4)14(2)3/h6-9,11,13-14H,5,10,12H2,1-4H3,(H,25,29)(H,26,30,32). The molecular weight excluding hydrogens is 410 g/mol. The molecule has 0 unspecified atom stereocenters. The van der Waals surface area contributed by atoms with Crippen molar-refractivity contribution in [2.75, 3.05) is 7.05 Å². The molecule has 168 valence electrons. The number of hydrogen-bond acceptors (Lipinski definition) is 5. The molecule has 0 aliphatic rings. The molecule has 2 amide bonds. The van der Waals surface area contributed by atoms with E-state index in [1.807, 2.05) is 20.8 Å². The highest BCUT2D eigenvalue weighted by atomic mass is 16.2. The van der Waals surface area contributed by atoms with E-state index in [0.717, 1.165) is 5.56 Å². The first kappa shape index (κ1) is 22.9. The number of rotatable bonds is 7. The number of pyridine rings is 1. The van der Waals surface area contributed by atoms with Gasteiger partial charge in [-0.1, -0.05) is 19.1 Å². The number of nitrogens with one attached hydrogen (secondary N) is 2. The lowest BCUT2D eigenvalue weighted by Crippen LogP contribution is -2.33. The Labute approximate surface area is 185 Å². The Kier molecular flexibility index (Phi) is 6.87.